The number of halogens is 1. The van der Waals surface area contributed by atoms with Crippen LogP contribution in [0, 0.1) is 0 Å². The van der Waals surface area contributed by atoms with Gasteiger partial charge in [-0.1, -0.05) is 66.2 Å². The van der Waals surface area contributed by atoms with Crippen molar-refractivity contribution in [2.45, 2.75) is 17.9 Å². The van der Waals surface area contributed by atoms with Gasteiger partial charge in [-0.15, -0.1) is 0 Å². The largest absolute Gasteiger partial charge is 0.242 e. The van der Waals surface area contributed by atoms with Crippen LogP contribution in [-0.2, 0) is 10.0 Å². The second kappa shape index (κ2) is 6.32. The quantitative estimate of drug-likeness (QED) is 0.755. The first-order chi connectivity index (χ1) is 11.0. The number of rotatable bonds is 4. The molecule has 0 saturated carbocycles. The van der Waals surface area contributed by atoms with Crippen molar-refractivity contribution in [3.05, 3.63) is 77.3 Å². The predicted octanol–water partition coefficient (Wildman–Crippen LogP) is 4.53. The molecule has 0 aromatic heterocycles. The second-order valence-corrected chi connectivity index (χ2v) is 7.43. The maximum atomic E-state index is 12.6. The summed E-state index contributed by atoms with van der Waals surface area (Å²) in [5.74, 6) is 0. The fourth-order valence-corrected chi connectivity index (χ4v) is 4.39. The highest BCUT2D eigenvalue weighted by Gasteiger charge is 2.21. The normalized spacial score (nSPS) is 13.1. The van der Waals surface area contributed by atoms with Gasteiger partial charge >= 0.3 is 0 Å². The summed E-state index contributed by atoms with van der Waals surface area (Å²) in [5.41, 5.74) is 0.929. The van der Waals surface area contributed by atoms with Gasteiger partial charge in [-0.05, 0) is 35.4 Å². The Labute approximate surface area is 141 Å². The predicted molar refractivity (Wildman–Crippen MR) is 94.1 cm³/mol. The average molecular weight is 346 g/mol. The van der Waals surface area contributed by atoms with Gasteiger partial charge in [-0.2, -0.15) is 0 Å². The number of nitrogens with one attached hydrogen (secondary N) is 1. The molecule has 0 radical (unpaired) electrons. The molecule has 1 N–H and O–H groups in total. The molecule has 3 aromatic carbocycles. The molecule has 0 spiro atoms. The smallest absolute Gasteiger partial charge is 0.207 e. The van der Waals surface area contributed by atoms with Crippen molar-refractivity contribution in [1.29, 1.82) is 0 Å². The van der Waals surface area contributed by atoms with Crippen LogP contribution in [0.15, 0.2) is 71.6 Å². The molecule has 3 rings (SSSR count). The van der Waals surface area contributed by atoms with E-state index in [2.05, 4.69) is 4.72 Å². The van der Waals surface area contributed by atoms with Crippen molar-refractivity contribution < 1.29 is 8.42 Å². The van der Waals surface area contributed by atoms with Crippen LogP contribution in [-0.4, -0.2) is 8.42 Å². The molecule has 3 nitrogen and oxygen atoms in total. The third-order valence-corrected chi connectivity index (χ3v) is 5.79. The molecule has 0 aliphatic carbocycles. The lowest BCUT2D eigenvalue weighted by molar-refractivity contribution is 0.567. The molecule has 0 heterocycles. The zero-order chi connectivity index (χ0) is 16.4. The van der Waals surface area contributed by atoms with E-state index in [1.807, 2.05) is 49.4 Å². The van der Waals surface area contributed by atoms with E-state index in [0.717, 1.165) is 16.3 Å². The average Bonchev–Trinajstić information content (AvgIpc) is 2.54. The van der Waals surface area contributed by atoms with E-state index < -0.39 is 10.0 Å². The Morgan fingerprint density at radius 3 is 2.35 bits per heavy atom. The van der Waals surface area contributed by atoms with Crippen LogP contribution in [0.1, 0.15) is 18.5 Å². The van der Waals surface area contributed by atoms with E-state index in [-0.39, 0.29) is 16.0 Å². The van der Waals surface area contributed by atoms with E-state index >= 15 is 0 Å². The second-order valence-electron chi connectivity index (χ2n) is 5.34. The molecular formula is C18H16ClNO2S. The van der Waals surface area contributed by atoms with E-state index in [1.54, 1.807) is 18.2 Å². The maximum Gasteiger partial charge on any atom is 0.242 e. The monoisotopic (exact) mass is 345 g/mol. The lowest BCUT2D eigenvalue weighted by Gasteiger charge is -2.17. The van der Waals surface area contributed by atoms with Crippen molar-refractivity contribution in [3.8, 4) is 0 Å². The first kappa shape index (κ1) is 16.0. The van der Waals surface area contributed by atoms with E-state index in [4.69, 9.17) is 11.6 Å². The zero-order valence-electron chi connectivity index (χ0n) is 12.5. The van der Waals surface area contributed by atoms with Gasteiger partial charge in [0.2, 0.25) is 10.0 Å². The Morgan fingerprint density at radius 2 is 1.57 bits per heavy atom. The summed E-state index contributed by atoms with van der Waals surface area (Å²) in [7, 11) is -3.69. The summed E-state index contributed by atoms with van der Waals surface area (Å²) >= 11 is 6.01. The fraction of sp³-hybridized carbons (Fsp3) is 0.111. The lowest BCUT2D eigenvalue weighted by Crippen LogP contribution is -2.27. The number of fused-ring (bicyclic) bond motifs is 1. The SMILES string of the molecule is C[C@H](NS(=O)(=O)c1ccccc1Cl)c1cccc2ccccc12. The highest BCUT2D eigenvalue weighted by atomic mass is 35.5. The summed E-state index contributed by atoms with van der Waals surface area (Å²) in [6.45, 7) is 1.83. The van der Waals surface area contributed by atoms with Gasteiger partial charge in [0.15, 0.2) is 0 Å². The van der Waals surface area contributed by atoms with Crippen LogP contribution in [0.4, 0.5) is 0 Å². The van der Waals surface area contributed by atoms with Gasteiger partial charge in [0.1, 0.15) is 4.90 Å². The van der Waals surface area contributed by atoms with Crippen molar-refractivity contribution >= 4 is 32.4 Å². The van der Waals surface area contributed by atoms with Crippen molar-refractivity contribution in [1.82, 2.24) is 4.72 Å². The molecule has 23 heavy (non-hydrogen) atoms. The van der Waals surface area contributed by atoms with Crippen LogP contribution >= 0.6 is 11.6 Å². The minimum atomic E-state index is -3.69. The molecule has 0 fully saturated rings. The Kier molecular flexibility index (Phi) is 4.39. The summed E-state index contributed by atoms with van der Waals surface area (Å²) in [4.78, 5) is 0.0914. The molecule has 0 aliphatic rings. The molecular weight excluding hydrogens is 330 g/mol. The van der Waals surface area contributed by atoms with E-state index in [0.29, 0.717) is 0 Å². The summed E-state index contributed by atoms with van der Waals surface area (Å²) < 4.78 is 27.9. The molecule has 0 saturated heterocycles. The van der Waals surface area contributed by atoms with Gasteiger partial charge in [-0.3, -0.25) is 0 Å². The number of hydrogen-bond donors (Lipinski definition) is 1. The van der Waals surface area contributed by atoms with Crippen LogP contribution in [0.2, 0.25) is 5.02 Å². The van der Waals surface area contributed by atoms with Gasteiger partial charge in [-0.25, -0.2) is 13.1 Å². The van der Waals surface area contributed by atoms with Gasteiger partial charge < -0.3 is 0 Å². The lowest BCUT2D eigenvalue weighted by atomic mass is 10.0. The van der Waals surface area contributed by atoms with Crippen molar-refractivity contribution in [2.24, 2.45) is 0 Å². The summed E-state index contributed by atoms with van der Waals surface area (Å²) in [5, 5.41) is 2.32. The molecule has 5 heteroatoms. The first-order valence-corrected chi connectivity index (χ1v) is 9.10. The molecule has 3 aromatic rings. The Morgan fingerprint density at radius 1 is 0.913 bits per heavy atom. The minimum Gasteiger partial charge on any atom is -0.207 e. The standard InChI is InChI=1S/C18H16ClNO2S/c1-13(15-10-6-8-14-7-2-3-9-16(14)15)20-23(21,22)18-12-5-4-11-17(18)19/h2-13,20H,1H3/t13-/m0/s1. The molecule has 0 amide bonds. The van der Waals surface area contributed by atoms with Crippen molar-refractivity contribution in [3.63, 3.8) is 0 Å². The summed E-state index contributed by atoms with van der Waals surface area (Å²) in [6, 6.07) is 19.8. The fourth-order valence-electron chi connectivity index (χ4n) is 2.65. The molecule has 1 atom stereocenters. The van der Waals surface area contributed by atoms with E-state index in [1.165, 1.54) is 6.07 Å². The molecule has 0 aliphatic heterocycles. The Hall–Kier alpha value is -1.88. The highest BCUT2D eigenvalue weighted by molar-refractivity contribution is 7.89. The first-order valence-electron chi connectivity index (χ1n) is 7.23. The van der Waals surface area contributed by atoms with Crippen LogP contribution in [0.3, 0.4) is 0 Å². The summed E-state index contributed by atoms with van der Waals surface area (Å²) in [6.07, 6.45) is 0. The number of hydrogen-bond acceptors (Lipinski definition) is 2. The Balaban J connectivity index is 1.98. The Bertz CT molecular complexity index is 949. The van der Waals surface area contributed by atoms with Gasteiger partial charge in [0.05, 0.1) is 5.02 Å². The highest BCUT2D eigenvalue weighted by Crippen LogP contribution is 2.27. The number of sulfonamides is 1. The third kappa shape index (κ3) is 3.24. The van der Waals surface area contributed by atoms with Crippen LogP contribution in [0.25, 0.3) is 10.8 Å². The number of benzene rings is 3. The van der Waals surface area contributed by atoms with Crippen LogP contribution in [0.5, 0.6) is 0 Å². The van der Waals surface area contributed by atoms with E-state index in [9.17, 15) is 8.42 Å². The topological polar surface area (TPSA) is 46.2 Å². The third-order valence-electron chi connectivity index (χ3n) is 3.75. The molecule has 118 valence electrons. The van der Waals surface area contributed by atoms with Gasteiger partial charge in [0.25, 0.3) is 0 Å². The minimum absolute atomic E-state index is 0.0914. The van der Waals surface area contributed by atoms with Gasteiger partial charge in [0, 0.05) is 6.04 Å². The van der Waals surface area contributed by atoms with Crippen LogP contribution < -0.4 is 4.72 Å². The maximum absolute atomic E-state index is 12.6. The molecule has 0 unspecified atom stereocenters. The zero-order valence-corrected chi connectivity index (χ0v) is 14.1. The molecule has 0 bridgehead atoms. The van der Waals surface area contributed by atoms with Crippen molar-refractivity contribution in [2.75, 3.05) is 0 Å².